The quantitative estimate of drug-likeness (QED) is 0.194. The third-order valence-corrected chi connectivity index (χ3v) is 10.6. The topological polar surface area (TPSA) is 89.9 Å². The summed E-state index contributed by atoms with van der Waals surface area (Å²) < 4.78 is 10.5. The first-order chi connectivity index (χ1) is 17.3. The second-order valence-corrected chi connectivity index (χ2v) is 11.6. The van der Waals surface area contributed by atoms with Gasteiger partial charge in [-0.3, -0.25) is 14.4 Å². The summed E-state index contributed by atoms with van der Waals surface area (Å²) in [6.07, 6.45) is 0. The standard InChI is InChI=1S/C29H29O6P/c1-20(30)25(21(2)31)26(28(32)34-3)27(29(33)35-4)36(22-14-8-5-9-15-22,23-16-10-6-11-17-23)24-18-12-7-13-19-24/h5-19,25-26H,1-4H3/p+1/b29-27-. The van der Waals surface area contributed by atoms with Crippen LogP contribution in [0.15, 0.2) is 102 Å². The van der Waals surface area contributed by atoms with Gasteiger partial charge in [-0.15, -0.1) is 0 Å². The highest BCUT2D eigenvalue weighted by atomic mass is 31.2. The van der Waals surface area contributed by atoms with Crippen LogP contribution in [0.25, 0.3) is 0 Å². The number of esters is 1. The zero-order valence-electron chi connectivity index (χ0n) is 20.8. The van der Waals surface area contributed by atoms with Crippen LogP contribution in [0.5, 0.6) is 0 Å². The lowest BCUT2D eigenvalue weighted by Gasteiger charge is -2.33. The predicted molar refractivity (Wildman–Crippen MR) is 142 cm³/mol. The third kappa shape index (κ3) is 4.95. The zero-order valence-corrected chi connectivity index (χ0v) is 21.6. The van der Waals surface area contributed by atoms with E-state index in [0.29, 0.717) is 0 Å². The van der Waals surface area contributed by atoms with Gasteiger partial charge in [0, 0.05) is 0 Å². The van der Waals surface area contributed by atoms with Crippen LogP contribution in [0.4, 0.5) is 0 Å². The van der Waals surface area contributed by atoms with E-state index in [-0.39, 0.29) is 5.31 Å². The first kappa shape index (κ1) is 26.8. The van der Waals surface area contributed by atoms with E-state index in [1.54, 1.807) is 0 Å². The molecule has 1 atom stereocenters. The van der Waals surface area contributed by atoms with Gasteiger partial charge in [0.25, 0.3) is 0 Å². The maximum Gasteiger partial charge on any atom is 0.318 e. The van der Waals surface area contributed by atoms with E-state index in [0.717, 1.165) is 15.9 Å². The second kappa shape index (κ2) is 11.8. The molecule has 186 valence electrons. The van der Waals surface area contributed by atoms with Gasteiger partial charge in [-0.25, -0.2) is 0 Å². The smallest absolute Gasteiger partial charge is 0.318 e. The van der Waals surface area contributed by atoms with E-state index >= 15 is 0 Å². The Bertz CT molecular complexity index is 1130. The van der Waals surface area contributed by atoms with Gasteiger partial charge < -0.3 is 14.6 Å². The first-order valence-corrected chi connectivity index (χ1v) is 13.2. The van der Waals surface area contributed by atoms with Gasteiger partial charge in [0.15, 0.2) is 5.31 Å². The molecule has 7 heteroatoms. The monoisotopic (exact) mass is 505 g/mol. The molecular weight excluding hydrogens is 475 g/mol. The van der Waals surface area contributed by atoms with Gasteiger partial charge in [-0.05, 0) is 50.2 Å². The van der Waals surface area contributed by atoms with E-state index in [1.165, 1.54) is 28.1 Å². The van der Waals surface area contributed by atoms with E-state index in [9.17, 15) is 19.5 Å². The summed E-state index contributed by atoms with van der Waals surface area (Å²) >= 11 is 0. The molecular formula is C29H30O6P+. The Morgan fingerprint density at radius 2 is 1.00 bits per heavy atom. The van der Waals surface area contributed by atoms with Crippen molar-refractivity contribution in [3.05, 3.63) is 102 Å². The zero-order chi connectivity index (χ0) is 26.3. The van der Waals surface area contributed by atoms with Crippen molar-refractivity contribution in [1.29, 1.82) is 0 Å². The lowest BCUT2D eigenvalue weighted by atomic mass is 9.85. The molecule has 36 heavy (non-hydrogen) atoms. The molecule has 0 bridgehead atoms. The number of aliphatic hydroxyl groups excluding tert-OH is 1. The van der Waals surface area contributed by atoms with Crippen molar-refractivity contribution in [3.63, 3.8) is 0 Å². The highest BCUT2D eigenvalue weighted by Crippen LogP contribution is 2.66. The molecule has 0 aromatic heterocycles. The van der Waals surface area contributed by atoms with E-state index in [2.05, 4.69) is 0 Å². The number of rotatable bonds is 10. The lowest BCUT2D eigenvalue weighted by molar-refractivity contribution is -0.150. The molecule has 3 aromatic rings. The summed E-state index contributed by atoms with van der Waals surface area (Å²) in [4.78, 5) is 39.1. The molecule has 0 radical (unpaired) electrons. The summed E-state index contributed by atoms with van der Waals surface area (Å²) in [5.41, 5.74) is 0. The van der Waals surface area contributed by atoms with Crippen LogP contribution in [-0.2, 0) is 23.9 Å². The molecule has 6 nitrogen and oxygen atoms in total. The SMILES string of the molecule is COC(=O)C(/C(=C(\O)OC)[P+](c1ccccc1)(c1ccccc1)c1ccccc1)C(C(C)=O)C(C)=O. The molecule has 0 aliphatic carbocycles. The molecule has 0 spiro atoms. The average Bonchev–Trinajstić information content (AvgIpc) is 2.90. The third-order valence-electron chi connectivity index (χ3n) is 6.16. The molecule has 0 heterocycles. The number of hydrogen-bond acceptors (Lipinski definition) is 6. The van der Waals surface area contributed by atoms with Crippen LogP contribution >= 0.6 is 7.26 Å². The van der Waals surface area contributed by atoms with Crippen molar-refractivity contribution >= 4 is 40.7 Å². The molecule has 1 unspecified atom stereocenters. The fourth-order valence-corrected chi connectivity index (χ4v) is 9.33. The second-order valence-electron chi connectivity index (χ2n) is 8.27. The van der Waals surface area contributed by atoms with Gasteiger partial charge in [0.1, 0.15) is 40.7 Å². The minimum absolute atomic E-state index is 0.149. The van der Waals surface area contributed by atoms with Crippen molar-refractivity contribution in [2.45, 2.75) is 13.8 Å². The fourth-order valence-electron chi connectivity index (χ4n) is 4.70. The largest absolute Gasteiger partial charge is 0.478 e. The predicted octanol–water partition coefficient (Wildman–Crippen LogP) is 3.94. The Balaban J connectivity index is 2.62. The van der Waals surface area contributed by atoms with Crippen molar-refractivity contribution in [1.82, 2.24) is 0 Å². The van der Waals surface area contributed by atoms with Gasteiger partial charge in [-0.1, -0.05) is 54.6 Å². The highest BCUT2D eigenvalue weighted by molar-refractivity contribution is 7.99. The number of carbonyl (C=O) groups excluding carboxylic acids is 3. The summed E-state index contributed by atoms with van der Waals surface area (Å²) in [5.74, 6) is -5.14. The molecule has 0 saturated heterocycles. The average molecular weight is 506 g/mol. The van der Waals surface area contributed by atoms with Crippen molar-refractivity contribution < 1.29 is 29.0 Å². The number of hydrogen-bond donors (Lipinski definition) is 1. The molecule has 3 rings (SSSR count). The fraction of sp³-hybridized carbons (Fsp3) is 0.207. The molecule has 0 amide bonds. The molecule has 0 aliphatic heterocycles. The minimum Gasteiger partial charge on any atom is -0.478 e. The molecule has 1 N–H and O–H groups in total. The Kier molecular flexibility index (Phi) is 8.78. The maximum atomic E-state index is 13.5. The van der Waals surface area contributed by atoms with Crippen LogP contribution < -0.4 is 15.9 Å². The van der Waals surface area contributed by atoms with Crippen LogP contribution in [0, 0.1) is 11.8 Å². The Hall–Kier alpha value is -3.76. The van der Waals surface area contributed by atoms with Crippen molar-refractivity contribution in [2.75, 3.05) is 14.2 Å². The maximum absolute atomic E-state index is 13.5. The summed E-state index contributed by atoms with van der Waals surface area (Å²) in [6.45, 7) is 2.52. The minimum atomic E-state index is -3.09. The summed E-state index contributed by atoms with van der Waals surface area (Å²) in [6, 6.07) is 28.4. The normalized spacial score (nSPS) is 12.9. The number of benzene rings is 3. The summed E-state index contributed by atoms with van der Waals surface area (Å²) in [5, 5.41) is 14.0. The Labute approximate surface area is 211 Å². The molecule has 0 aliphatic rings. The number of ketones is 2. The summed E-state index contributed by atoms with van der Waals surface area (Å²) in [7, 11) is -0.609. The van der Waals surface area contributed by atoms with Gasteiger partial charge in [0.05, 0.1) is 20.1 Å². The van der Waals surface area contributed by atoms with Crippen molar-refractivity contribution in [2.24, 2.45) is 11.8 Å². The molecule has 3 aromatic carbocycles. The molecule has 0 fully saturated rings. The van der Waals surface area contributed by atoms with Crippen LogP contribution in [0.2, 0.25) is 0 Å². The lowest BCUT2D eigenvalue weighted by Crippen LogP contribution is -2.42. The Morgan fingerprint density at radius 3 is 1.28 bits per heavy atom. The van der Waals surface area contributed by atoms with E-state index in [4.69, 9.17) is 9.47 Å². The number of methoxy groups -OCH3 is 2. The molecule has 0 saturated carbocycles. The first-order valence-electron chi connectivity index (χ1n) is 11.4. The number of aliphatic hydroxyl groups is 1. The number of Topliss-reactive ketones (excluding diaryl/α,β-unsaturated/α-hetero) is 2. The van der Waals surface area contributed by atoms with Crippen LogP contribution in [0.1, 0.15) is 13.8 Å². The van der Waals surface area contributed by atoms with E-state index < -0.39 is 42.6 Å². The van der Waals surface area contributed by atoms with Crippen LogP contribution in [0.3, 0.4) is 0 Å². The number of ether oxygens (including phenoxy) is 2. The van der Waals surface area contributed by atoms with Gasteiger partial charge >= 0.3 is 11.9 Å². The number of carbonyl (C=O) groups is 3. The van der Waals surface area contributed by atoms with E-state index in [1.807, 2.05) is 91.0 Å². The van der Waals surface area contributed by atoms with Crippen molar-refractivity contribution in [3.8, 4) is 0 Å². The highest BCUT2D eigenvalue weighted by Gasteiger charge is 2.59. The van der Waals surface area contributed by atoms with Gasteiger partial charge in [-0.2, -0.15) is 0 Å². The van der Waals surface area contributed by atoms with Crippen LogP contribution in [-0.4, -0.2) is 36.9 Å². The Morgan fingerprint density at radius 1 is 0.639 bits per heavy atom. The van der Waals surface area contributed by atoms with Gasteiger partial charge in [0.2, 0.25) is 0 Å².